The van der Waals surface area contributed by atoms with E-state index in [4.69, 9.17) is 26.8 Å². The molecule has 3 atom stereocenters. The number of benzene rings is 1. The zero-order chi connectivity index (χ0) is 25.4. The number of hydrogen-bond donors (Lipinski definition) is 4. The summed E-state index contributed by atoms with van der Waals surface area (Å²) in [7, 11) is 0. The summed E-state index contributed by atoms with van der Waals surface area (Å²) < 4.78 is 13.1. The summed E-state index contributed by atoms with van der Waals surface area (Å²) in [5.41, 5.74) is 2.90. The van der Waals surface area contributed by atoms with Gasteiger partial charge >= 0.3 is 11.9 Å². The normalized spacial score (nSPS) is 22.5. The Bertz CT molecular complexity index is 1240. The number of aromatic nitrogens is 4. The fraction of sp³-hybridized carbons (Fsp3) is 0.409. The predicted molar refractivity (Wildman–Crippen MR) is 123 cm³/mol. The number of carbonyl (C=O) groups is 2. The molecule has 0 aliphatic carbocycles. The second kappa shape index (κ2) is 9.38. The minimum Gasteiger partial charge on any atom is -0.479 e. The number of ether oxygens (including phenoxy) is 2. The quantitative estimate of drug-likeness (QED) is 0.245. The smallest absolute Gasteiger partial charge is 0.348 e. The van der Waals surface area contributed by atoms with Crippen LogP contribution in [0.15, 0.2) is 36.7 Å². The van der Waals surface area contributed by atoms with Crippen LogP contribution in [-0.4, -0.2) is 70.7 Å². The third kappa shape index (κ3) is 4.52. The lowest BCUT2D eigenvalue weighted by Crippen LogP contribution is -2.53. The first-order chi connectivity index (χ1) is 16.6. The molecule has 1 aliphatic heterocycles. The molecular formula is C22H24ClN5O7. The van der Waals surface area contributed by atoms with Crippen LogP contribution in [0.2, 0.25) is 5.28 Å². The van der Waals surface area contributed by atoms with E-state index in [0.717, 1.165) is 0 Å². The molecule has 1 aromatic carbocycles. The fourth-order valence-corrected chi connectivity index (χ4v) is 4.34. The van der Waals surface area contributed by atoms with Crippen LogP contribution in [0.25, 0.3) is 11.2 Å². The average Bonchev–Trinajstić information content (AvgIpc) is 3.38. The third-order valence-corrected chi connectivity index (χ3v) is 6.43. The zero-order valence-electron chi connectivity index (χ0n) is 18.7. The number of anilines is 1. The molecule has 1 fully saturated rings. The number of aliphatic carboxylic acids is 2. The summed E-state index contributed by atoms with van der Waals surface area (Å²) >= 11 is 5.93. The van der Waals surface area contributed by atoms with Gasteiger partial charge in [0.1, 0.15) is 17.8 Å². The van der Waals surface area contributed by atoms with Crippen LogP contribution in [0.5, 0.6) is 0 Å². The van der Waals surface area contributed by atoms with Crippen molar-refractivity contribution >= 4 is 40.5 Å². The first-order valence-electron chi connectivity index (χ1n) is 10.8. The van der Waals surface area contributed by atoms with Gasteiger partial charge in [-0.1, -0.05) is 37.3 Å². The lowest BCUT2D eigenvalue weighted by molar-refractivity contribution is -0.193. The van der Waals surface area contributed by atoms with Crippen molar-refractivity contribution in [1.82, 2.24) is 19.5 Å². The number of nitrogens with two attached hydrogens (primary N) is 1. The maximum absolute atomic E-state index is 12.1. The van der Waals surface area contributed by atoms with Gasteiger partial charge in [-0.2, -0.15) is 9.97 Å². The Labute approximate surface area is 204 Å². The van der Waals surface area contributed by atoms with E-state index in [1.165, 1.54) is 10.9 Å². The van der Waals surface area contributed by atoms with Gasteiger partial charge in [0.25, 0.3) is 5.60 Å². The van der Waals surface area contributed by atoms with Crippen LogP contribution >= 0.6 is 11.6 Å². The third-order valence-electron chi connectivity index (χ3n) is 6.26. The second-order valence-electron chi connectivity index (χ2n) is 8.35. The van der Waals surface area contributed by atoms with E-state index in [-0.39, 0.29) is 23.9 Å². The number of rotatable bonds is 9. The van der Waals surface area contributed by atoms with E-state index >= 15 is 0 Å². The summed E-state index contributed by atoms with van der Waals surface area (Å²) in [4.78, 5) is 36.4. The number of hydrogen-bond acceptors (Lipinski definition) is 9. The van der Waals surface area contributed by atoms with Crippen molar-refractivity contribution in [3.8, 4) is 0 Å². The molecular weight excluding hydrogens is 482 g/mol. The molecule has 35 heavy (non-hydrogen) atoms. The standard InChI is InChI=1S/C22H24ClN5O7/c1-2-21(33)9-14(28-11-25-15-16(24)26-20(23)27-17(15)28)35-13(21)10-34-22(18(29)30,19(31)32)8-12-6-4-3-5-7-12/h3-7,11,13-14,33H,2,8-10H2,1H3,(H,29,30)(H,31,32)(H2,24,26,27). The van der Waals surface area contributed by atoms with Crippen LogP contribution < -0.4 is 5.73 Å². The van der Waals surface area contributed by atoms with Gasteiger partial charge in [-0.15, -0.1) is 0 Å². The molecule has 3 heterocycles. The molecule has 0 amide bonds. The molecule has 0 radical (unpaired) electrons. The summed E-state index contributed by atoms with van der Waals surface area (Å²) in [6, 6.07) is 8.28. The van der Waals surface area contributed by atoms with Crippen LogP contribution in [0.3, 0.4) is 0 Å². The van der Waals surface area contributed by atoms with E-state index < -0.39 is 48.5 Å². The number of nitrogens with zero attached hydrogens (tertiary/aromatic N) is 4. The van der Waals surface area contributed by atoms with Gasteiger partial charge in [0.05, 0.1) is 18.5 Å². The maximum atomic E-state index is 12.1. The monoisotopic (exact) mass is 505 g/mol. The Kier molecular flexibility index (Phi) is 6.64. The Morgan fingerprint density at radius 1 is 1.29 bits per heavy atom. The van der Waals surface area contributed by atoms with Crippen LogP contribution in [0, 0.1) is 0 Å². The molecule has 3 unspecified atom stereocenters. The van der Waals surface area contributed by atoms with Gasteiger partial charge in [0.2, 0.25) is 5.28 Å². The molecule has 0 bridgehead atoms. The SMILES string of the molecule is CCC1(O)CC(n2cnc3c(N)nc(Cl)nc32)OC1COC(Cc1ccccc1)(C(=O)O)C(=O)O. The van der Waals surface area contributed by atoms with Crippen molar-refractivity contribution in [2.45, 2.75) is 49.7 Å². The Hall–Kier alpha value is -3.32. The average molecular weight is 506 g/mol. The molecule has 3 aromatic rings. The van der Waals surface area contributed by atoms with Crippen molar-refractivity contribution in [3.05, 3.63) is 47.5 Å². The van der Waals surface area contributed by atoms with Gasteiger partial charge < -0.3 is 30.5 Å². The van der Waals surface area contributed by atoms with E-state index in [0.29, 0.717) is 16.7 Å². The van der Waals surface area contributed by atoms with Crippen molar-refractivity contribution in [1.29, 1.82) is 0 Å². The topological polar surface area (TPSA) is 183 Å². The Morgan fingerprint density at radius 2 is 1.97 bits per heavy atom. The highest BCUT2D eigenvalue weighted by atomic mass is 35.5. The van der Waals surface area contributed by atoms with Gasteiger partial charge in [0, 0.05) is 12.8 Å². The number of carboxylic acids is 2. The molecule has 4 rings (SSSR count). The Balaban J connectivity index is 1.60. The molecule has 186 valence electrons. The first-order valence-corrected chi connectivity index (χ1v) is 11.2. The lowest BCUT2D eigenvalue weighted by Gasteiger charge is -2.31. The van der Waals surface area contributed by atoms with E-state index in [2.05, 4.69) is 15.0 Å². The molecule has 12 nitrogen and oxygen atoms in total. The molecule has 1 saturated heterocycles. The van der Waals surface area contributed by atoms with Crippen molar-refractivity contribution in [2.24, 2.45) is 0 Å². The van der Waals surface area contributed by atoms with Crippen LogP contribution in [-0.2, 0) is 25.5 Å². The van der Waals surface area contributed by atoms with Crippen molar-refractivity contribution < 1.29 is 34.4 Å². The highest BCUT2D eigenvalue weighted by molar-refractivity contribution is 6.28. The lowest BCUT2D eigenvalue weighted by atomic mass is 9.91. The van der Waals surface area contributed by atoms with Crippen molar-refractivity contribution in [2.75, 3.05) is 12.3 Å². The Morgan fingerprint density at radius 3 is 2.60 bits per heavy atom. The molecule has 13 heteroatoms. The summed E-state index contributed by atoms with van der Waals surface area (Å²) in [6.45, 7) is 1.24. The highest BCUT2D eigenvalue weighted by Gasteiger charge is 2.52. The fourth-order valence-electron chi connectivity index (χ4n) is 4.17. The zero-order valence-corrected chi connectivity index (χ0v) is 19.4. The minimum atomic E-state index is -2.58. The summed E-state index contributed by atoms with van der Waals surface area (Å²) in [5.74, 6) is -3.24. The number of carboxylic acid groups (broad SMARTS) is 2. The van der Waals surface area contributed by atoms with E-state index in [1.54, 1.807) is 37.3 Å². The highest BCUT2D eigenvalue weighted by Crippen LogP contribution is 2.41. The molecule has 1 aliphatic rings. The van der Waals surface area contributed by atoms with Gasteiger partial charge in [-0.3, -0.25) is 4.57 Å². The largest absolute Gasteiger partial charge is 0.479 e. The van der Waals surface area contributed by atoms with E-state index in [1.807, 2.05) is 0 Å². The number of halogens is 1. The predicted octanol–water partition coefficient (Wildman–Crippen LogP) is 1.66. The molecule has 0 spiro atoms. The van der Waals surface area contributed by atoms with Crippen LogP contribution in [0.4, 0.5) is 5.82 Å². The van der Waals surface area contributed by atoms with Crippen molar-refractivity contribution in [3.63, 3.8) is 0 Å². The summed E-state index contributed by atoms with van der Waals surface area (Å²) in [5, 5.41) is 30.8. The van der Waals surface area contributed by atoms with Gasteiger partial charge in [-0.25, -0.2) is 14.6 Å². The van der Waals surface area contributed by atoms with Crippen LogP contribution in [0.1, 0.15) is 31.6 Å². The number of aliphatic hydroxyl groups is 1. The molecule has 2 aromatic heterocycles. The number of imidazole rings is 1. The van der Waals surface area contributed by atoms with E-state index in [9.17, 15) is 24.9 Å². The number of nitrogen functional groups attached to an aromatic ring is 1. The summed E-state index contributed by atoms with van der Waals surface area (Å²) in [6.07, 6.45) is -0.505. The molecule has 5 N–H and O–H groups in total. The number of fused-ring (bicyclic) bond motifs is 1. The first kappa shape index (κ1) is 24.8. The van der Waals surface area contributed by atoms with Gasteiger partial charge in [-0.05, 0) is 23.6 Å². The van der Waals surface area contributed by atoms with Gasteiger partial charge in [0.15, 0.2) is 11.5 Å². The maximum Gasteiger partial charge on any atom is 0.348 e. The second-order valence-corrected chi connectivity index (χ2v) is 8.69. The molecule has 0 saturated carbocycles. The minimum absolute atomic E-state index is 0.0796.